The second-order valence-electron chi connectivity index (χ2n) is 7.86. The quantitative estimate of drug-likeness (QED) is 0.376. The highest BCUT2D eigenvalue weighted by molar-refractivity contribution is 6.03. The highest BCUT2D eigenvalue weighted by Crippen LogP contribution is 2.33. The van der Waals surface area contributed by atoms with Crippen molar-refractivity contribution < 1.29 is 22.4 Å². The van der Waals surface area contributed by atoms with Crippen LogP contribution >= 0.6 is 0 Å². The van der Waals surface area contributed by atoms with Crippen LogP contribution < -0.4 is 10.6 Å². The minimum Gasteiger partial charge on any atom is -0.418 e. The minimum atomic E-state index is -4.62. The number of carbonyl (C=O) groups is 1. The van der Waals surface area contributed by atoms with Crippen LogP contribution in [-0.2, 0) is 19.8 Å². The van der Waals surface area contributed by atoms with E-state index in [4.69, 9.17) is 4.42 Å². The first-order chi connectivity index (χ1) is 16.8. The third kappa shape index (κ3) is 4.05. The molecule has 2 aromatic carbocycles. The summed E-state index contributed by atoms with van der Waals surface area (Å²) in [5, 5.41) is 5.56. The van der Waals surface area contributed by atoms with E-state index in [0.717, 1.165) is 17.6 Å². The Kier molecular flexibility index (Phi) is 5.39. The van der Waals surface area contributed by atoms with Crippen LogP contribution in [0, 0.1) is 0 Å². The fourth-order valence-electron chi connectivity index (χ4n) is 3.90. The second-order valence-corrected chi connectivity index (χ2v) is 7.86. The molecule has 2 N–H and O–H groups in total. The van der Waals surface area contributed by atoms with Gasteiger partial charge < -0.3 is 19.6 Å². The third-order valence-corrected chi connectivity index (χ3v) is 5.55. The third-order valence-electron chi connectivity index (χ3n) is 5.55. The summed E-state index contributed by atoms with van der Waals surface area (Å²) in [6.07, 6.45) is -2.96. The van der Waals surface area contributed by atoms with Crippen molar-refractivity contribution in [3.63, 3.8) is 0 Å². The van der Waals surface area contributed by atoms with Crippen molar-refractivity contribution in [2.24, 2.45) is 7.05 Å². The number of aromatic nitrogens is 4. The van der Waals surface area contributed by atoms with Gasteiger partial charge in [-0.25, -0.2) is 9.97 Å². The molecule has 0 saturated heterocycles. The molecule has 178 valence electrons. The molecule has 0 spiro atoms. The number of pyridine rings is 1. The molecule has 3 aromatic heterocycles. The van der Waals surface area contributed by atoms with Gasteiger partial charge in [-0.15, -0.1) is 0 Å². The Morgan fingerprint density at radius 2 is 1.89 bits per heavy atom. The lowest BCUT2D eigenvalue weighted by atomic mass is 10.1. The summed E-state index contributed by atoms with van der Waals surface area (Å²) in [7, 11) is 3.59. The van der Waals surface area contributed by atoms with Crippen molar-refractivity contribution in [2.75, 3.05) is 12.4 Å². The molecule has 0 aliphatic rings. The molecular weight excluding hydrogens is 461 g/mol. The smallest absolute Gasteiger partial charge is 0.417 e. The van der Waals surface area contributed by atoms with E-state index in [-0.39, 0.29) is 6.54 Å². The average Bonchev–Trinajstić information content (AvgIpc) is 3.45. The zero-order chi connectivity index (χ0) is 24.7. The summed E-state index contributed by atoms with van der Waals surface area (Å²) >= 11 is 0. The number of benzene rings is 2. The molecule has 1 amide bonds. The van der Waals surface area contributed by atoms with Crippen molar-refractivity contribution >= 4 is 34.0 Å². The maximum atomic E-state index is 13.2. The van der Waals surface area contributed by atoms with Gasteiger partial charge in [-0.3, -0.25) is 4.79 Å². The van der Waals surface area contributed by atoms with Crippen molar-refractivity contribution in [3.05, 3.63) is 71.5 Å². The van der Waals surface area contributed by atoms with E-state index < -0.39 is 23.2 Å². The molecule has 35 heavy (non-hydrogen) atoms. The van der Waals surface area contributed by atoms with Crippen LogP contribution in [-0.4, -0.2) is 32.5 Å². The number of nitrogens with one attached hydrogen (secondary N) is 2. The number of anilines is 1. The number of aryl methyl sites for hydroxylation is 1. The Morgan fingerprint density at radius 1 is 1.09 bits per heavy atom. The van der Waals surface area contributed by atoms with Crippen molar-refractivity contribution in [1.29, 1.82) is 0 Å². The zero-order valence-corrected chi connectivity index (χ0v) is 18.6. The topological polar surface area (TPSA) is 97.9 Å². The van der Waals surface area contributed by atoms with Gasteiger partial charge in [0.05, 0.1) is 17.5 Å². The first-order valence-corrected chi connectivity index (χ1v) is 10.6. The monoisotopic (exact) mass is 480 g/mol. The summed E-state index contributed by atoms with van der Waals surface area (Å²) < 4.78 is 47.5. The van der Waals surface area contributed by atoms with E-state index in [1.54, 1.807) is 37.6 Å². The lowest BCUT2D eigenvalue weighted by molar-refractivity contribution is -0.137. The van der Waals surface area contributed by atoms with Gasteiger partial charge in [-0.1, -0.05) is 24.3 Å². The first kappa shape index (κ1) is 22.4. The lowest BCUT2D eigenvalue weighted by Gasteiger charge is -2.12. The number of amides is 1. The zero-order valence-electron chi connectivity index (χ0n) is 18.6. The predicted octanol–water partition coefficient (Wildman–Crippen LogP) is 4.77. The van der Waals surface area contributed by atoms with Crippen molar-refractivity contribution in [2.45, 2.75) is 12.7 Å². The first-order valence-electron chi connectivity index (χ1n) is 10.6. The van der Waals surface area contributed by atoms with Gasteiger partial charge in [-0.05, 0) is 29.8 Å². The van der Waals surface area contributed by atoms with Crippen LogP contribution in [0.5, 0.6) is 0 Å². The largest absolute Gasteiger partial charge is 0.418 e. The second kappa shape index (κ2) is 8.42. The van der Waals surface area contributed by atoms with Gasteiger partial charge in [0.15, 0.2) is 11.3 Å². The van der Waals surface area contributed by atoms with E-state index >= 15 is 0 Å². The molecule has 0 fully saturated rings. The number of alkyl halides is 3. The predicted molar refractivity (Wildman–Crippen MR) is 124 cm³/mol. The van der Waals surface area contributed by atoms with Crippen molar-refractivity contribution in [3.8, 4) is 11.5 Å². The number of rotatable bonds is 5. The van der Waals surface area contributed by atoms with Gasteiger partial charge in [0.2, 0.25) is 5.89 Å². The summed E-state index contributed by atoms with van der Waals surface area (Å²) in [5.41, 5.74) is 2.21. The maximum absolute atomic E-state index is 13.2. The van der Waals surface area contributed by atoms with Crippen molar-refractivity contribution in [1.82, 2.24) is 24.8 Å². The number of halogens is 3. The Labute approximate surface area is 196 Å². The van der Waals surface area contributed by atoms with E-state index in [1.165, 1.54) is 12.1 Å². The molecule has 3 heterocycles. The highest BCUT2D eigenvalue weighted by Gasteiger charge is 2.34. The summed E-state index contributed by atoms with van der Waals surface area (Å²) in [6.45, 7) is 0.0211. The molecular formula is C24H19F3N6O2. The molecule has 0 saturated carbocycles. The summed E-state index contributed by atoms with van der Waals surface area (Å²) in [6, 6.07) is 11.7. The van der Waals surface area contributed by atoms with Gasteiger partial charge in [0.25, 0.3) is 11.6 Å². The number of nitrogens with zero attached hydrogens (tertiary/aromatic N) is 4. The number of fused-ring (bicyclic) bond motifs is 3. The molecule has 5 rings (SSSR count). The number of imidazole rings is 1. The summed E-state index contributed by atoms with van der Waals surface area (Å²) in [4.78, 5) is 25.9. The Bertz CT molecular complexity index is 1570. The van der Waals surface area contributed by atoms with Crippen LogP contribution in [0.1, 0.15) is 21.5 Å². The van der Waals surface area contributed by atoms with E-state index in [1.807, 2.05) is 11.6 Å². The lowest BCUT2D eigenvalue weighted by Crippen LogP contribution is -2.25. The Balaban J connectivity index is 1.43. The molecule has 0 atom stereocenters. The fraction of sp³-hybridized carbons (Fsp3) is 0.167. The molecule has 0 aliphatic carbocycles. The van der Waals surface area contributed by atoms with Gasteiger partial charge >= 0.3 is 6.18 Å². The Hall–Kier alpha value is -4.41. The van der Waals surface area contributed by atoms with Gasteiger partial charge in [0.1, 0.15) is 11.0 Å². The molecule has 11 heteroatoms. The fourth-order valence-corrected chi connectivity index (χ4v) is 3.90. The van der Waals surface area contributed by atoms with Gasteiger partial charge in [0, 0.05) is 26.2 Å². The number of hydrogen-bond acceptors (Lipinski definition) is 6. The molecule has 0 unspecified atom stereocenters. The van der Waals surface area contributed by atoms with E-state index in [2.05, 4.69) is 25.6 Å². The van der Waals surface area contributed by atoms with Crippen LogP contribution in [0.4, 0.5) is 19.0 Å². The van der Waals surface area contributed by atoms with Crippen LogP contribution in [0.15, 0.2) is 59.3 Å². The molecule has 0 aliphatic heterocycles. The normalized spacial score (nSPS) is 11.8. The number of oxazole rings is 1. The maximum Gasteiger partial charge on any atom is 0.417 e. The van der Waals surface area contributed by atoms with Crippen LogP contribution in [0.2, 0.25) is 0 Å². The molecule has 0 radical (unpaired) electrons. The minimum absolute atomic E-state index is 0.0211. The van der Waals surface area contributed by atoms with E-state index in [0.29, 0.717) is 39.6 Å². The number of carbonyl (C=O) groups excluding carboxylic acids is 1. The van der Waals surface area contributed by atoms with Gasteiger partial charge in [-0.2, -0.15) is 18.2 Å². The SMILES string of the molecule is CNc1nc2oc(-c3cccc(CNC(=O)c4ccccc4C(F)(F)F)c3)nc2c2c1ncn2C. The highest BCUT2D eigenvalue weighted by atomic mass is 19.4. The average molecular weight is 480 g/mol. The standard InChI is InChI=1S/C24H19F3N6O2/c1-28-20-17-19(33(2)12-30-17)18-23(32-20)35-22(31-18)14-7-5-6-13(10-14)11-29-21(34)15-8-3-4-9-16(15)24(25,26)27/h3-10,12H,11H2,1-2H3,(H,28,32)(H,29,34). The number of hydrogen-bond donors (Lipinski definition) is 2. The van der Waals surface area contributed by atoms with Crippen LogP contribution in [0.3, 0.4) is 0 Å². The summed E-state index contributed by atoms with van der Waals surface area (Å²) in [5.74, 6) is 0.0674. The Morgan fingerprint density at radius 3 is 2.66 bits per heavy atom. The van der Waals surface area contributed by atoms with Crippen LogP contribution in [0.25, 0.3) is 33.7 Å². The molecule has 5 aromatic rings. The molecule has 8 nitrogen and oxygen atoms in total. The molecule has 0 bridgehead atoms. The van der Waals surface area contributed by atoms with E-state index in [9.17, 15) is 18.0 Å².